The van der Waals surface area contributed by atoms with Gasteiger partial charge in [-0.1, -0.05) is 24.3 Å². The number of fused-ring (bicyclic) bond motifs is 2. The van der Waals surface area contributed by atoms with E-state index >= 15 is 4.39 Å². The highest BCUT2D eigenvalue weighted by Gasteiger charge is 2.12. The summed E-state index contributed by atoms with van der Waals surface area (Å²) in [5.41, 5.74) is 4.23. The zero-order chi connectivity index (χ0) is 21.2. The number of nitrogens with one attached hydrogen (secondary N) is 1. The molecule has 0 saturated heterocycles. The van der Waals surface area contributed by atoms with Crippen LogP contribution in [-0.4, -0.2) is 15.0 Å². The molecule has 0 saturated carbocycles. The van der Waals surface area contributed by atoms with E-state index < -0.39 is 5.82 Å². The molecule has 0 radical (unpaired) electrons. The van der Waals surface area contributed by atoms with Crippen molar-refractivity contribution in [3.8, 4) is 11.1 Å². The molecular weight excluding hydrogens is 389 g/mol. The first-order valence-electron chi connectivity index (χ1n) is 9.72. The van der Waals surface area contributed by atoms with Gasteiger partial charge in [-0.25, -0.2) is 14.2 Å². The standard InChI is InChI=1S/C25H16FN5/c1-27-19-7-9-23-18(14-19)4-6-20(31-23)15-30-25-24(26)21(10-12-29-25)16-5-8-22-17(13-16)3-2-11-28-22/h2-14H,15H2,(H,29,30). The Morgan fingerprint density at radius 3 is 2.65 bits per heavy atom. The lowest BCUT2D eigenvalue weighted by Crippen LogP contribution is -2.06. The number of anilines is 1. The van der Waals surface area contributed by atoms with Gasteiger partial charge in [0, 0.05) is 23.3 Å². The second-order valence-corrected chi connectivity index (χ2v) is 7.08. The highest BCUT2D eigenvalue weighted by molar-refractivity contribution is 5.85. The van der Waals surface area contributed by atoms with Gasteiger partial charge in [0.25, 0.3) is 0 Å². The Kier molecular flexibility index (Phi) is 4.70. The van der Waals surface area contributed by atoms with Crippen LogP contribution in [0.25, 0.3) is 37.8 Å². The fourth-order valence-electron chi connectivity index (χ4n) is 3.53. The molecule has 5 nitrogen and oxygen atoms in total. The first-order chi connectivity index (χ1) is 15.2. The number of aromatic nitrogens is 3. The highest BCUT2D eigenvalue weighted by atomic mass is 19.1. The third-order valence-corrected chi connectivity index (χ3v) is 5.10. The predicted octanol–water partition coefficient (Wildman–Crippen LogP) is 6.15. The Morgan fingerprint density at radius 2 is 1.74 bits per heavy atom. The molecule has 0 fully saturated rings. The maximum atomic E-state index is 15.2. The molecule has 2 aromatic carbocycles. The summed E-state index contributed by atoms with van der Waals surface area (Å²) in [6.07, 6.45) is 3.33. The summed E-state index contributed by atoms with van der Waals surface area (Å²) in [5, 5.41) is 4.90. The van der Waals surface area contributed by atoms with Gasteiger partial charge >= 0.3 is 0 Å². The largest absolute Gasteiger partial charge is 0.362 e. The minimum Gasteiger partial charge on any atom is -0.362 e. The fraction of sp³-hybridized carbons (Fsp3) is 0.0400. The van der Waals surface area contributed by atoms with Gasteiger partial charge in [-0.05, 0) is 53.4 Å². The van der Waals surface area contributed by atoms with Crippen LogP contribution in [0.2, 0.25) is 0 Å². The van der Waals surface area contributed by atoms with Crippen LogP contribution < -0.4 is 5.32 Å². The molecule has 148 valence electrons. The van der Waals surface area contributed by atoms with Crippen LogP contribution in [0.4, 0.5) is 15.9 Å². The van der Waals surface area contributed by atoms with Crippen molar-refractivity contribution in [1.29, 1.82) is 0 Å². The number of nitrogens with zero attached hydrogens (tertiary/aromatic N) is 4. The average molecular weight is 405 g/mol. The Hall–Kier alpha value is -4.37. The van der Waals surface area contributed by atoms with E-state index in [0.717, 1.165) is 33.1 Å². The lowest BCUT2D eigenvalue weighted by Gasteiger charge is -2.11. The maximum absolute atomic E-state index is 15.2. The lowest BCUT2D eigenvalue weighted by atomic mass is 10.0. The lowest BCUT2D eigenvalue weighted by molar-refractivity contribution is 0.627. The van der Waals surface area contributed by atoms with Gasteiger partial charge in [-0.2, -0.15) is 0 Å². The van der Waals surface area contributed by atoms with E-state index in [9.17, 15) is 0 Å². The van der Waals surface area contributed by atoms with Crippen LogP contribution in [-0.2, 0) is 6.54 Å². The smallest absolute Gasteiger partial charge is 0.187 e. The third kappa shape index (κ3) is 3.65. The first kappa shape index (κ1) is 18.6. The summed E-state index contributed by atoms with van der Waals surface area (Å²) in [4.78, 5) is 16.5. The highest BCUT2D eigenvalue weighted by Crippen LogP contribution is 2.29. The number of hydrogen-bond donors (Lipinski definition) is 1. The maximum Gasteiger partial charge on any atom is 0.187 e. The Bertz CT molecular complexity index is 1470. The second-order valence-electron chi connectivity index (χ2n) is 7.08. The summed E-state index contributed by atoms with van der Waals surface area (Å²) < 4.78 is 15.2. The molecule has 0 aliphatic rings. The van der Waals surface area contributed by atoms with Gasteiger partial charge in [0.15, 0.2) is 17.3 Å². The molecule has 5 aromatic rings. The van der Waals surface area contributed by atoms with E-state index in [1.807, 2.05) is 48.5 Å². The minimum atomic E-state index is -0.409. The van der Waals surface area contributed by atoms with Gasteiger partial charge in [0.2, 0.25) is 0 Å². The van der Waals surface area contributed by atoms with Gasteiger partial charge in [-0.15, -0.1) is 0 Å². The van der Waals surface area contributed by atoms with Crippen LogP contribution in [0.3, 0.4) is 0 Å². The van der Waals surface area contributed by atoms with Crippen molar-refractivity contribution in [1.82, 2.24) is 15.0 Å². The summed E-state index contributed by atoms with van der Waals surface area (Å²) in [6, 6.07) is 20.3. The molecule has 5 rings (SSSR count). The first-order valence-corrected chi connectivity index (χ1v) is 9.72. The normalized spacial score (nSPS) is 10.8. The van der Waals surface area contributed by atoms with E-state index in [0.29, 0.717) is 17.8 Å². The van der Waals surface area contributed by atoms with Gasteiger partial charge in [0.1, 0.15) is 0 Å². The van der Waals surface area contributed by atoms with Crippen molar-refractivity contribution in [3.63, 3.8) is 0 Å². The van der Waals surface area contributed by atoms with Crippen molar-refractivity contribution in [3.05, 3.63) is 102 Å². The molecule has 0 unspecified atom stereocenters. The summed E-state index contributed by atoms with van der Waals surface area (Å²) in [7, 11) is 0. The Labute approximate surface area is 178 Å². The minimum absolute atomic E-state index is 0.175. The zero-order valence-corrected chi connectivity index (χ0v) is 16.4. The molecule has 0 aliphatic carbocycles. The molecule has 1 N–H and O–H groups in total. The van der Waals surface area contributed by atoms with Crippen molar-refractivity contribution in [2.75, 3.05) is 5.32 Å². The molecule has 0 bridgehead atoms. The third-order valence-electron chi connectivity index (χ3n) is 5.10. The predicted molar refractivity (Wildman–Crippen MR) is 120 cm³/mol. The van der Waals surface area contributed by atoms with Crippen molar-refractivity contribution in [2.24, 2.45) is 0 Å². The zero-order valence-electron chi connectivity index (χ0n) is 16.4. The van der Waals surface area contributed by atoms with Gasteiger partial charge < -0.3 is 5.32 Å². The number of hydrogen-bond acceptors (Lipinski definition) is 4. The average Bonchev–Trinajstić information content (AvgIpc) is 2.82. The van der Waals surface area contributed by atoms with E-state index in [4.69, 9.17) is 6.57 Å². The molecule has 0 atom stereocenters. The van der Waals surface area contributed by atoms with Crippen molar-refractivity contribution >= 4 is 33.3 Å². The van der Waals surface area contributed by atoms with E-state index in [1.165, 1.54) is 0 Å². The Balaban J connectivity index is 1.41. The van der Waals surface area contributed by atoms with Crippen molar-refractivity contribution in [2.45, 2.75) is 6.54 Å². The molecule has 3 aromatic heterocycles. The fourth-order valence-corrected chi connectivity index (χ4v) is 3.53. The molecule has 6 heteroatoms. The Morgan fingerprint density at radius 1 is 0.871 bits per heavy atom. The molecule has 31 heavy (non-hydrogen) atoms. The second kappa shape index (κ2) is 7.81. The summed E-state index contributed by atoms with van der Waals surface area (Å²) in [5.74, 6) is -0.234. The number of benzene rings is 2. The molecular formula is C25H16FN5. The molecule has 0 spiro atoms. The van der Waals surface area contributed by atoms with Gasteiger partial charge in [-0.3, -0.25) is 9.97 Å². The quantitative estimate of drug-likeness (QED) is 0.365. The van der Waals surface area contributed by atoms with E-state index in [2.05, 4.69) is 25.1 Å². The number of rotatable bonds is 4. The van der Waals surface area contributed by atoms with Crippen LogP contribution in [0, 0.1) is 12.4 Å². The topological polar surface area (TPSA) is 55.1 Å². The molecule has 0 amide bonds. The van der Waals surface area contributed by atoms with Crippen LogP contribution >= 0.6 is 0 Å². The van der Waals surface area contributed by atoms with Crippen LogP contribution in [0.5, 0.6) is 0 Å². The number of halogens is 1. The van der Waals surface area contributed by atoms with Crippen LogP contribution in [0.1, 0.15) is 5.69 Å². The van der Waals surface area contributed by atoms with Crippen LogP contribution in [0.15, 0.2) is 79.1 Å². The van der Waals surface area contributed by atoms with Gasteiger partial charge in [0.05, 0.1) is 29.8 Å². The summed E-state index contributed by atoms with van der Waals surface area (Å²) in [6.45, 7) is 7.44. The molecule has 3 heterocycles. The monoisotopic (exact) mass is 405 g/mol. The van der Waals surface area contributed by atoms with E-state index in [-0.39, 0.29) is 5.82 Å². The molecule has 0 aliphatic heterocycles. The van der Waals surface area contributed by atoms with Crippen molar-refractivity contribution < 1.29 is 4.39 Å². The number of pyridine rings is 3. The summed E-state index contributed by atoms with van der Waals surface area (Å²) >= 11 is 0. The van der Waals surface area contributed by atoms with E-state index in [1.54, 1.807) is 30.6 Å². The SMILES string of the molecule is [C-]#[N+]c1ccc2nc(CNc3nccc(-c4ccc5ncccc5c4)c3F)ccc2c1.